The minimum atomic E-state index is -1.67. The predicted molar refractivity (Wildman–Crippen MR) is 243 cm³/mol. The Balaban J connectivity index is 1.25. The van der Waals surface area contributed by atoms with Crippen LogP contribution in [0.15, 0.2) is 122 Å². The molecule has 1 aliphatic heterocycles. The molecule has 3 heterocycles. The van der Waals surface area contributed by atoms with Crippen LogP contribution in [0, 0.1) is 11.3 Å². The zero-order valence-corrected chi connectivity index (χ0v) is 37.8. The van der Waals surface area contributed by atoms with Gasteiger partial charge in [-0.05, 0) is 80.8 Å². The predicted octanol–water partition coefficient (Wildman–Crippen LogP) is 8.82. The number of nitriles is 1. The summed E-state index contributed by atoms with van der Waals surface area (Å²) in [5, 5.41) is 12.3. The third-order valence-corrected chi connectivity index (χ3v) is 12.9. The maximum absolute atomic E-state index is 13.0. The number of nitrogens with zero attached hydrogens (tertiary/aromatic N) is 6. The van der Waals surface area contributed by atoms with Gasteiger partial charge in [0.05, 0.1) is 52.4 Å². The summed E-state index contributed by atoms with van der Waals surface area (Å²) in [6, 6.07) is 37.2. The van der Waals surface area contributed by atoms with Gasteiger partial charge >= 0.3 is 0 Å². The van der Waals surface area contributed by atoms with E-state index in [9.17, 15) is 10.1 Å². The Labute approximate surface area is 375 Å². The van der Waals surface area contributed by atoms with Gasteiger partial charge in [-0.1, -0.05) is 72.8 Å². The summed E-state index contributed by atoms with van der Waals surface area (Å²) in [6.07, 6.45) is 1.74. The molecule has 1 N–H and O–H groups in total. The van der Waals surface area contributed by atoms with Crippen LogP contribution in [0.1, 0.15) is 63.5 Å². The molecular formula is C48H54N7O8P. The second kappa shape index (κ2) is 21.6. The van der Waals surface area contributed by atoms with E-state index in [1.165, 1.54) is 6.33 Å². The van der Waals surface area contributed by atoms with Crippen LogP contribution in [-0.2, 0) is 28.9 Å². The van der Waals surface area contributed by atoms with Gasteiger partial charge in [0.25, 0.3) is 14.4 Å². The van der Waals surface area contributed by atoms with Crippen molar-refractivity contribution < 1.29 is 37.5 Å². The van der Waals surface area contributed by atoms with Gasteiger partial charge in [0.2, 0.25) is 0 Å². The molecule has 7 rings (SSSR count). The van der Waals surface area contributed by atoms with Crippen LogP contribution in [0.2, 0.25) is 0 Å². The van der Waals surface area contributed by atoms with Crippen molar-refractivity contribution in [3.05, 3.63) is 139 Å². The highest BCUT2D eigenvalue weighted by atomic mass is 31.2. The van der Waals surface area contributed by atoms with Gasteiger partial charge in [0.15, 0.2) is 23.6 Å². The first kappa shape index (κ1) is 46.0. The molecule has 1 fully saturated rings. The summed E-state index contributed by atoms with van der Waals surface area (Å²) < 4.78 is 48.6. The van der Waals surface area contributed by atoms with Crippen LogP contribution < -0.4 is 19.5 Å². The number of methoxy groups -OCH3 is 2. The smallest absolute Gasteiger partial charge is 0.263 e. The molecule has 0 saturated carbocycles. The summed E-state index contributed by atoms with van der Waals surface area (Å²) in [5.74, 6) is 1.82. The summed E-state index contributed by atoms with van der Waals surface area (Å²) in [7, 11) is 1.61. The maximum atomic E-state index is 13.0. The number of anilines is 1. The van der Waals surface area contributed by atoms with E-state index in [4.69, 9.17) is 32.7 Å². The number of fused-ring (bicyclic) bond motifs is 1. The van der Waals surface area contributed by atoms with Crippen LogP contribution in [0.3, 0.4) is 0 Å². The molecule has 0 aliphatic carbocycles. The molecule has 0 bridgehead atoms. The second-order valence-corrected chi connectivity index (χ2v) is 17.0. The summed E-state index contributed by atoms with van der Waals surface area (Å²) in [6.45, 7) is 8.45. The molecule has 15 nitrogen and oxygen atoms in total. The highest BCUT2D eigenvalue weighted by Crippen LogP contribution is 2.51. The zero-order valence-electron chi connectivity index (χ0n) is 36.9. The molecule has 6 aromatic rings. The Morgan fingerprint density at radius 2 is 1.47 bits per heavy atom. The molecule has 1 saturated heterocycles. The van der Waals surface area contributed by atoms with Crippen molar-refractivity contribution in [1.82, 2.24) is 24.2 Å². The fraction of sp³-hybridized carbons (Fsp3) is 0.354. The maximum Gasteiger partial charge on any atom is 0.263 e. The largest absolute Gasteiger partial charge is 0.497 e. The quantitative estimate of drug-likeness (QED) is 0.0415. The van der Waals surface area contributed by atoms with Crippen LogP contribution in [0.25, 0.3) is 11.2 Å². The summed E-state index contributed by atoms with van der Waals surface area (Å²) >= 11 is 0. The average molecular weight is 888 g/mol. The third-order valence-electron chi connectivity index (χ3n) is 10.7. The van der Waals surface area contributed by atoms with E-state index in [-0.39, 0.29) is 44.1 Å². The molecular weight excluding hydrogens is 834 g/mol. The number of carbonyl (C=O) groups excluding carboxylic acids is 1. The van der Waals surface area contributed by atoms with Gasteiger partial charge < -0.3 is 38.0 Å². The highest BCUT2D eigenvalue weighted by molar-refractivity contribution is 7.44. The minimum Gasteiger partial charge on any atom is -0.497 e. The number of nitrogens with one attached hydrogen (secondary N) is 1. The first-order chi connectivity index (χ1) is 31.1. The molecule has 0 spiro atoms. The molecule has 2 aromatic heterocycles. The van der Waals surface area contributed by atoms with Gasteiger partial charge in [-0.15, -0.1) is 0 Å². The summed E-state index contributed by atoms with van der Waals surface area (Å²) in [4.78, 5) is 26.6. The lowest BCUT2D eigenvalue weighted by molar-refractivity contribution is -0.118. The van der Waals surface area contributed by atoms with Crippen molar-refractivity contribution >= 4 is 31.4 Å². The molecule has 4 atom stereocenters. The fourth-order valence-electron chi connectivity index (χ4n) is 7.81. The number of amides is 1. The number of rotatable bonds is 21. The number of hydrogen-bond acceptors (Lipinski definition) is 13. The van der Waals surface area contributed by atoms with Crippen molar-refractivity contribution in [2.75, 3.05) is 39.4 Å². The average Bonchev–Trinajstić information content (AvgIpc) is 3.94. The highest BCUT2D eigenvalue weighted by Gasteiger charge is 2.45. The van der Waals surface area contributed by atoms with E-state index < -0.39 is 38.5 Å². The van der Waals surface area contributed by atoms with Crippen LogP contribution in [0.5, 0.6) is 17.2 Å². The first-order valence-electron chi connectivity index (χ1n) is 21.2. The van der Waals surface area contributed by atoms with E-state index in [2.05, 4.69) is 58.7 Å². The van der Waals surface area contributed by atoms with E-state index in [0.717, 1.165) is 16.7 Å². The minimum absolute atomic E-state index is 0.0675. The van der Waals surface area contributed by atoms with E-state index in [1.807, 2.05) is 102 Å². The van der Waals surface area contributed by atoms with Gasteiger partial charge in [-0.3, -0.25) is 9.36 Å². The first-order valence-corrected chi connectivity index (χ1v) is 22.3. The lowest BCUT2D eigenvalue weighted by atomic mass is 9.80. The SMILES string of the molecule is COc1ccc(C(OCC2OC(n3cnc4c(NC(=O)COc5ccccc5)ncnc43)CC2OP(OCCC#N)N(C(C)C)C(C)C)(c2ccccc2)c2ccc(OC)cc2)cc1. The standard InChI is InChI=1S/C48H54N7O8P/c1-33(2)55(34(3)4)64(61-27-13-26-49)63-41-28-44(54-32-52-45-46(50-31-51-47(45)54)53-43(56)30-59-40-16-11-8-12-17-40)62-42(41)29-60-48(35-14-9-7-10-15-35,36-18-22-38(57-5)23-19-36)37-20-24-39(58-6)25-21-37/h7-12,14-25,31-34,41-42,44H,13,27-30H2,1-6H3,(H,50,51,53,56). The van der Waals surface area contributed by atoms with Crippen LogP contribution in [-0.4, -0.2) is 88.4 Å². The van der Waals surface area contributed by atoms with Gasteiger partial charge in [0, 0.05) is 18.5 Å². The van der Waals surface area contributed by atoms with Crippen molar-refractivity contribution in [3.63, 3.8) is 0 Å². The Morgan fingerprint density at radius 3 is 2.06 bits per heavy atom. The molecule has 4 aromatic carbocycles. The lowest BCUT2D eigenvalue weighted by Gasteiger charge is -2.39. The number of imidazole rings is 1. The Kier molecular flexibility index (Phi) is 15.5. The molecule has 334 valence electrons. The van der Waals surface area contributed by atoms with Crippen LogP contribution >= 0.6 is 8.53 Å². The lowest BCUT2D eigenvalue weighted by Crippen LogP contribution is -2.39. The molecule has 0 radical (unpaired) electrons. The number of para-hydroxylation sites is 1. The zero-order chi connectivity index (χ0) is 45.1. The van der Waals surface area contributed by atoms with E-state index in [0.29, 0.717) is 34.8 Å². The Morgan fingerprint density at radius 1 is 0.859 bits per heavy atom. The van der Waals surface area contributed by atoms with Crippen molar-refractivity contribution in [3.8, 4) is 23.3 Å². The normalized spacial score (nSPS) is 16.8. The van der Waals surface area contributed by atoms with Gasteiger partial charge in [-0.2, -0.15) is 5.26 Å². The second-order valence-electron chi connectivity index (χ2n) is 15.6. The van der Waals surface area contributed by atoms with Crippen molar-refractivity contribution in [1.29, 1.82) is 5.26 Å². The number of carbonyl (C=O) groups is 1. The number of benzene rings is 4. The van der Waals surface area contributed by atoms with Crippen molar-refractivity contribution in [2.45, 2.75) is 76.7 Å². The number of hydrogen-bond donors (Lipinski definition) is 1. The Hall–Kier alpha value is -5.98. The number of ether oxygens (including phenoxy) is 5. The monoisotopic (exact) mass is 887 g/mol. The fourth-order valence-corrected chi connectivity index (χ4v) is 9.57. The van der Waals surface area contributed by atoms with Gasteiger partial charge in [-0.25, -0.2) is 19.6 Å². The van der Waals surface area contributed by atoms with Crippen LogP contribution in [0.4, 0.5) is 5.82 Å². The Bertz CT molecular complexity index is 2400. The molecule has 1 aliphatic rings. The van der Waals surface area contributed by atoms with Gasteiger partial charge in [0.1, 0.15) is 41.5 Å². The summed E-state index contributed by atoms with van der Waals surface area (Å²) in [5.41, 5.74) is 2.33. The third kappa shape index (κ3) is 10.5. The molecule has 64 heavy (non-hydrogen) atoms. The molecule has 4 unspecified atom stereocenters. The number of aromatic nitrogens is 4. The molecule has 1 amide bonds. The van der Waals surface area contributed by atoms with Crippen molar-refractivity contribution in [2.24, 2.45) is 0 Å². The molecule has 16 heteroatoms. The topological polar surface area (TPSA) is 164 Å². The van der Waals surface area contributed by atoms with E-state index in [1.54, 1.807) is 32.7 Å². The van der Waals surface area contributed by atoms with E-state index >= 15 is 0 Å².